The number of aromatic nitrogens is 2. The molecule has 0 saturated carbocycles. The van der Waals surface area contributed by atoms with Crippen molar-refractivity contribution in [3.63, 3.8) is 0 Å². The third-order valence-electron chi connectivity index (χ3n) is 1.76. The van der Waals surface area contributed by atoms with Gasteiger partial charge in [-0.05, 0) is 53.9 Å². The van der Waals surface area contributed by atoms with Crippen molar-refractivity contribution >= 4 is 75.0 Å². The normalized spacial score (nSPS) is 11.1. The van der Waals surface area contributed by atoms with Gasteiger partial charge in [-0.1, -0.05) is 0 Å². The van der Waals surface area contributed by atoms with Crippen molar-refractivity contribution in [3.05, 3.63) is 30.0 Å². The van der Waals surface area contributed by atoms with Gasteiger partial charge < -0.3 is 4.98 Å². The Balaban J connectivity index is 3.05. The van der Waals surface area contributed by atoms with E-state index < -0.39 is 0 Å². The van der Waals surface area contributed by atoms with Crippen LogP contribution in [0.15, 0.2) is 24.3 Å². The SMILES string of the molecule is O=c1[nH]c2c(Br)c(Br)c(Br)cc2n1Br. The average molecular weight is 450 g/mol. The molecule has 0 saturated heterocycles. The molecule has 2 aromatic rings. The van der Waals surface area contributed by atoms with Crippen molar-refractivity contribution in [2.75, 3.05) is 0 Å². The monoisotopic (exact) mass is 446 g/mol. The molecule has 0 unspecified atom stereocenters. The molecule has 0 bridgehead atoms. The minimum absolute atomic E-state index is 0.203. The van der Waals surface area contributed by atoms with Crippen molar-refractivity contribution in [1.29, 1.82) is 0 Å². The van der Waals surface area contributed by atoms with Crippen molar-refractivity contribution in [3.8, 4) is 0 Å². The topological polar surface area (TPSA) is 37.8 Å². The number of hydrogen-bond donors (Lipinski definition) is 1. The highest BCUT2D eigenvalue weighted by Gasteiger charge is 2.12. The molecule has 14 heavy (non-hydrogen) atoms. The molecular weight excluding hydrogens is 448 g/mol. The molecule has 0 amide bonds. The van der Waals surface area contributed by atoms with E-state index in [-0.39, 0.29) is 5.69 Å². The Morgan fingerprint density at radius 3 is 2.50 bits per heavy atom. The standard InChI is InChI=1S/C7H2Br4N2O/c8-2-1-3-6(5(10)4(2)9)12-7(14)13(3)11/h1H,(H,12,14). The Bertz CT molecular complexity index is 571. The van der Waals surface area contributed by atoms with E-state index in [1.54, 1.807) is 0 Å². The number of nitrogens with zero attached hydrogens (tertiary/aromatic N) is 1. The number of imidazole rings is 1. The largest absolute Gasteiger partial charge is 0.336 e. The van der Waals surface area contributed by atoms with Gasteiger partial charge in [0.1, 0.15) is 0 Å². The Kier molecular flexibility index (Phi) is 2.94. The summed E-state index contributed by atoms with van der Waals surface area (Å²) in [7, 11) is 0. The minimum Gasteiger partial charge on any atom is -0.304 e. The van der Waals surface area contributed by atoms with E-state index in [2.05, 4.69) is 68.9 Å². The molecule has 3 nitrogen and oxygen atoms in total. The van der Waals surface area contributed by atoms with Crippen LogP contribution in [0.25, 0.3) is 11.0 Å². The maximum atomic E-state index is 11.3. The van der Waals surface area contributed by atoms with Gasteiger partial charge >= 0.3 is 5.69 Å². The number of rotatable bonds is 0. The maximum Gasteiger partial charge on any atom is 0.336 e. The van der Waals surface area contributed by atoms with Crippen molar-refractivity contribution in [2.24, 2.45) is 0 Å². The van der Waals surface area contributed by atoms with Crippen molar-refractivity contribution in [2.45, 2.75) is 0 Å². The Labute approximate surface area is 113 Å². The van der Waals surface area contributed by atoms with Crippen LogP contribution in [-0.4, -0.2) is 8.58 Å². The molecule has 74 valence electrons. The highest BCUT2D eigenvalue weighted by molar-refractivity contribution is 9.14. The van der Waals surface area contributed by atoms with Crippen LogP contribution in [0, 0.1) is 0 Å². The van der Waals surface area contributed by atoms with Gasteiger partial charge in [0.15, 0.2) is 0 Å². The highest BCUT2D eigenvalue weighted by atomic mass is 79.9. The number of aromatic amines is 1. The number of halogens is 4. The summed E-state index contributed by atoms with van der Waals surface area (Å²) in [5.41, 5.74) is 1.32. The zero-order chi connectivity index (χ0) is 10.5. The first-order chi connectivity index (χ1) is 6.52. The summed E-state index contributed by atoms with van der Waals surface area (Å²) in [6.07, 6.45) is 0. The predicted molar refractivity (Wildman–Crippen MR) is 70.0 cm³/mol. The number of hydrogen-bond acceptors (Lipinski definition) is 1. The first-order valence-corrected chi connectivity index (χ1v) is 6.55. The van der Waals surface area contributed by atoms with Crippen LogP contribution in [0.4, 0.5) is 0 Å². The minimum atomic E-state index is -0.203. The van der Waals surface area contributed by atoms with E-state index in [4.69, 9.17) is 0 Å². The molecule has 7 heteroatoms. The van der Waals surface area contributed by atoms with Crippen LogP contribution >= 0.6 is 63.9 Å². The van der Waals surface area contributed by atoms with Gasteiger partial charge in [0.05, 0.1) is 31.7 Å². The summed E-state index contributed by atoms with van der Waals surface area (Å²) in [5, 5.41) is 0. The number of benzene rings is 1. The maximum absolute atomic E-state index is 11.3. The highest BCUT2D eigenvalue weighted by Crippen LogP contribution is 2.36. The lowest BCUT2D eigenvalue weighted by Gasteiger charge is -2.01. The molecule has 2 rings (SSSR count). The summed E-state index contributed by atoms with van der Waals surface area (Å²) in [6, 6.07) is 1.84. The second-order valence-electron chi connectivity index (χ2n) is 2.59. The molecule has 1 aromatic heterocycles. The van der Waals surface area contributed by atoms with Gasteiger partial charge in [0, 0.05) is 8.95 Å². The van der Waals surface area contributed by atoms with Gasteiger partial charge in [0.25, 0.3) is 0 Å². The Morgan fingerprint density at radius 2 is 1.86 bits per heavy atom. The second-order valence-corrected chi connectivity index (χ2v) is 5.74. The second kappa shape index (κ2) is 3.77. The first-order valence-electron chi connectivity index (χ1n) is 3.46. The third kappa shape index (κ3) is 1.54. The average Bonchev–Trinajstić information content (AvgIpc) is 2.42. The van der Waals surface area contributed by atoms with Gasteiger partial charge in [0.2, 0.25) is 0 Å². The van der Waals surface area contributed by atoms with Gasteiger partial charge in [-0.2, -0.15) is 0 Å². The summed E-state index contributed by atoms with van der Waals surface area (Å²) in [6.45, 7) is 0. The number of H-pyrrole nitrogens is 1. The summed E-state index contributed by atoms with van der Waals surface area (Å²) in [5.74, 6) is 0. The summed E-state index contributed by atoms with van der Waals surface area (Å²) < 4.78 is 3.95. The molecule has 0 atom stereocenters. The lowest BCUT2D eigenvalue weighted by Crippen LogP contribution is -2.06. The molecule has 0 aliphatic rings. The number of nitrogens with one attached hydrogen (secondary N) is 1. The zero-order valence-electron chi connectivity index (χ0n) is 6.44. The third-order valence-corrected chi connectivity index (χ3v) is 5.77. The summed E-state index contributed by atoms with van der Waals surface area (Å²) >= 11 is 13.3. The lowest BCUT2D eigenvalue weighted by molar-refractivity contribution is 1.17. The molecule has 0 aliphatic heterocycles. The molecule has 1 aromatic carbocycles. The quantitative estimate of drug-likeness (QED) is 0.611. The zero-order valence-corrected chi connectivity index (χ0v) is 12.8. The Hall–Kier alpha value is 0.410. The smallest absolute Gasteiger partial charge is 0.304 e. The van der Waals surface area contributed by atoms with E-state index >= 15 is 0 Å². The first kappa shape index (κ1) is 10.9. The number of fused-ring (bicyclic) bond motifs is 1. The van der Waals surface area contributed by atoms with E-state index in [1.165, 1.54) is 3.59 Å². The van der Waals surface area contributed by atoms with Crippen molar-refractivity contribution < 1.29 is 0 Å². The molecule has 1 N–H and O–H groups in total. The van der Waals surface area contributed by atoms with E-state index in [1.807, 2.05) is 6.07 Å². The van der Waals surface area contributed by atoms with Crippen LogP contribution in [0.2, 0.25) is 0 Å². The van der Waals surface area contributed by atoms with Gasteiger partial charge in [-0.25, -0.2) is 8.39 Å². The molecule has 0 fully saturated rings. The van der Waals surface area contributed by atoms with E-state index in [9.17, 15) is 4.79 Å². The fraction of sp³-hybridized carbons (Fsp3) is 0. The van der Waals surface area contributed by atoms with Crippen LogP contribution in [0.1, 0.15) is 0 Å². The fourth-order valence-corrected chi connectivity index (χ4v) is 3.00. The predicted octanol–water partition coefficient (Wildman–Crippen LogP) is 3.78. The van der Waals surface area contributed by atoms with Crippen LogP contribution < -0.4 is 5.69 Å². The van der Waals surface area contributed by atoms with Crippen LogP contribution in [-0.2, 0) is 0 Å². The molecular formula is C7H2Br4N2O. The lowest BCUT2D eigenvalue weighted by atomic mass is 10.3. The molecule has 0 spiro atoms. The van der Waals surface area contributed by atoms with Crippen LogP contribution in [0.3, 0.4) is 0 Å². The van der Waals surface area contributed by atoms with Crippen molar-refractivity contribution in [1.82, 2.24) is 8.58 Å². The van der Waals surface area contributed by atoms with E-state index in [0.717, 1.165) is 24.5 Å². The fourth-order valence-electron chi connectivity index (χ4n) is 1.12. The van der Waals surface area contributed by atoms with E-state index in [0.29, 0.717) is 0 Å². The van der Waals surface area contributed by atoms with Gasteiger partial charge in [-0.3, -0.25) is 0 Å². The molecule has 0 aliphatic carbocycles. The van der Waals surface area contributed by atoms with Gasteiger partial charge in [-0.15, -0.1) is 0 Å². The summed E-state index contributed by atoms with van der Waals surface area (Å²) in [4.78, 5) is 14.0. The molecule has 1 heterocycles. The van der Waals surface area contributed by atoms with Crippen LogP contribution in [0.5, 0.6) is 0 Å². The molecule has 0 radical (unpaired) electrons. The Morgan fingerprint density at radius 1 is 1.21 bits per heavy atom.